The topological polar surface area (TPSA) is 119 Å². The van der Waals surface area contributed by atoms with Crippen LogP contribution in [0, 0.1) is 6.92 Å². The lowest BCUT2D eigenvalue weighted by Gasteiger charge is -2.20. The van der Waals surface area contributed by atoms with Crippen LogP contribution in [0.4, 0.5) is 5.13 Å². The summed E-state index contributed by atoms with van der Waals surface area (Å²) in [4.78, 5) is 44.7. The van der Waals surface area contributed by atoms with E-state index in [0.29, 0.717) is 17.7 Å². The van der Waals surface area contributed by atoms with Crippen molar-refractivity contribution in [1.29, 1.82) is 0 Å². The molecule has 0 aliphatic carbocycles. The summed E-state index contributed by atoms with van der Waals surface area (Å²) in [5, 5.41) is 11.4. The summed E-state index contributed by atoms with van der Waals surface area (Å²) in [6.07, 6.45) is 3.52. The maximum absolute atomic E-state index is 13.3. The van der Waals surface area contributed by atoms with Crippen molar-refractivity contribution in [2.45, 2.75) is 32.4 Å². The zero-order valence-corrected chi connectivity index (χ0v) is 20.3. The highest BCUT2D eigenvalue weighted by Crippen LogP contribution is 2.44. The Bertz CT molecular complexity index is 1420. The van der Waals surface area contributed by atoms with E-state index in [9.17, 15) is 19.5 Å². The quantitative estimate of drug-likeness (QED) is 0.172. The first-order valence-corrected chi connectivity index (χ1v) is 12.0. The summed E-state index contributed by atoms with van der Waals surface area (Å²) < 4.78 is 16.4. The van der Waals surface area contributed by atoms with Gasteiger partial charge < -0.3 is 19.0 Å². The van der Waals surface area contributed by atoms with Gasteiger partial charge in [0, 0.05) is 12.0 Å². The number of Topliss-reactive ketones (excluding diaryl/α,β-unsaturated/α-hetero) is 1. The highest BCUT2D eigenvalue weighted by molar-refractivity contribution is 7.17. The van der Waals surface area contributed by atoms with Crippen LogP contribution in [0.25, 0.3) is 5.76 Å². The Balaban J connectivity index is 1.61. The van der Waals surface area contributed by atoms with Crippen LogP contribution in [0.2, 0.25) is 0 Å². The Morgan fingerprint density at radius 3 is 2.89 bits per heavy atom. The van der Waals surface area contributed by atoms with E-state index < -0.39 is 23.7 Å². The van der Waals surface area contributed by atoms with E-state index >= 15 is 0 Å². The second-order valence-electron chi connectivity index (χ2n) is 8.44. The van der Waals surface area contributed by atoms with E-state index in [0.717, 1.165) is 27.5 Å². The molecule has 2 aliphatic rings. The van der Waals surface area contributed by atoms with E-state index in [4.69, 9.17) is 13.9 Å². The van der Waals surface area contributed by atoms with Gasteiger partial charge in [0.15, 0.2) is 5.13 Å². The minimum atomic E-state index is -1.08. The first kappa shape index (κ1) is 23.6. The van der Waals surface area contributed by atoms with Gasteiger partial charge in [0.25, 0.3) is 5.78 Å². The third kappa shape index (κ3) is 3.89. The number of rotatable bonds is 6. The summed E-state index contributed by atoms with van der Waals surface area (Å²) in [6, 6.07) is 7.27. The molecule has 1 N–H and O–H groups in total. The van der Waals surface area contributed by atoms with E-state index in [1.165, 1.54) is 12.3 Å². The molecule has 2 unspecified atom stereocenters. The Morgan fingerprint density at radius 2 is 2.17 bits per heavy atom. The van der Waals surface area contributed by atoms with Crippen LogP contribution in [-0.4, -0.2) is 40.5 Å². The highest BCUT2D eigenvalue weighted by atomic mass is 32.1. The number of hydrogen-bond acceptors (Lipinski definition) is 9. The molecular formula is C26H22N2O7S. The number of ether oxygens (including phenoxy) is 2. The number of nitrogens with zero attached hydrogens (tertiary/aromatic N) is 2. The number of esters is 1. The van der Waals surface area contributed by atoms with Crippen LogP contribution >= 0.6 is 11.3 Å². The number of furan rings is 1. The molecule has 5 rings (SSSR count). The van der Waals surface area contributed by atoms with Crippen molar-refractivity contribution in [2.24, 2.45) is 0 Å². The van der Waals surface area contributed by atoms with Crippen LogP contribution in [-0.2, 0) is 20.7 Å². The SMILES string of the molecule is C=CCOC(=O)c1sc(N2C(=O)C(=O)C(=C(O)c3ccc4c(c3)CC(C)O4)C2c2ccco2)nc1C. The van der Waals surface area contributed by atoms with Crippen LogP contribution in [0.5, 0.6) is 5.75 Å². The average Bonchev–Trinajstić information content (AvgIpc) is 3.63. The zero-order chi connectivity index (χ0) is 25.6. The van der Waals surface area contributed by atoms with Gasteiger partial charge in [-0.05, 0) is 49.7 Å². The van der Waals surface area contributed by atoms with Crippen LogP contribution < -0.4 is 9.64 Å². The molecule has 2 aromatic heterocycles. The molecule has 1 amide bonds. The fraction of sp³-hybridized carbons (Fsp3) is 0.231. The smallest absolute Gasteiger partial charge is 0.350 e. The van der Waals surface area contributed by atoms with E-state index in [1.807, 2.05) is 6.92 Å². The fourth-order valence-electron chi connectivity index (χ4n) is 4.35. The third-order valence-corrected chi connectivity index (χ3v) is 7.07. The van der Waals surface area contributed by atoms with Crippen molar-refractivity contribution in [1.82, 2.24) is 4.98 Å². The lowest BCUT2D eigenvalue weighted by molar-refractivity contribution is -0.132. The number of amides is 1. The highest BCUT2D eigenvalue weighted by Gasteiger charge is 2.49. The van der Waals surface area contributed by atoms with Gasteiger partial charge >= 0.3 is 11.9 Å². The molecule has 10 heteroatoms. The number of hydrogen-bond donors (Lipinski definition) is 1. The van der Waals surface area contributed by atoms with Gasteiger partial charge in [-0.2, -0.15) is 0 Å². The molecule has 2 aliphatic heterocycles. The Labute approximate surface area is 210 Å². The maximum atomic E-state index is 13.3. The number of aliphatic hydroxyl groups excluding tert-OH is 1. The van der Waals surface area contributed by atoms with Gasteiger partial charge in [-0.1, -0.05) is 24.0 Å². The van der Waals surface area contributed by atoms with Crippen molar-refractivity contribution in [2.75, 3.05) is 11.5 Å². The van der Waals surface area contributed by atoms with Crippen molar-refractivity contribution in [3.8, 4) is 5.75 Å². The van der Waals surface area contributed by atoms with Gasteiger partial charge in [-0.15, -0.1) is 0 Å². The number of thiazole rings is 1. The molecule has 3 aromatic rings. The fourth-order valence-corrected chi connectivity index (χ4v) is 5.33. The second-order valence-corrected chi connectivity index (χ2v) is 9.42. The Kier molecular flexibility index (Phi) is 5.97. The minimum absolute atomic E-state index is 0.00611. The number of benzene rings is 1. The molecule has 9 nitrogen and oxygen atoms in total. The number of fused-ring (bicyclic) bond motifs is 1. The number of anilines is 1. The predicted molar refractivity (Wildman–Crippen MR) is 131 cm³/mol. The number of ketones is 1. The lowest BCUT2D eigenvalue weighted by Crippen LogP contribution is -2.29. The van der Waals surface area contributed by atoms with Crippen LogP contribution in [0.1, 0.15) is 45.2 Å². The first-order valence-electron chi connectivity index (χ1n) is 11.2. The van der Waals surface area contributed by atoms with Gasteiger partial charge in [0.05, 0.1) is 17.5 Å². The molecule has 1 fully saturated rings. The molecule has 36 heavy (non-hydrogen) atoms. The normalized spacial score (nSPS) is 20.3. The molecular weight excluding hydrogens is 484 g/mol. The Morgan fingerprint density at radius 1 is 1.36 bits per heavy atom. The summed E-state index contributed by atoms with van der Waals surface area (Å²) in [5.74, 6) is -1.75. The van der Waals surface area contributed by atoms with Gasteiger partial charge in [0.2, 0.25) is 0 Å². The largest absolute Gasteiger partial charge is 0.507 e. The summed E-state index contributed by atoms with van der Waals surface area (Å²) >= 11 is 0.919. The van der Waals surface area contributed by atoms with Crippen LogP contribution in [0.15, 0.2) is 59.2 Å². The first-order chi connectivity index (χ1) is 17.3. The standard InChI is InChI=1S/C26H22N2O7S/c1-4-9-34-25(32)23-14(3)27-26(36-23)28-20(18-6-5-10-33-18)19(22(30)24(28)31)21(29)15-7-8-17-16(12-15)11-13(2)35-17/h4-8,10,12-13,20,29H,1,9,11H2,2-3H3. The number of aryl methyl sites for hydroxylation is 1. The molecule has 0 spiro atoms. The second kappa shape index (κ2) is 9.12. The van der Waals surface area contributed by atoms with Crippen molar-refractivity contribution in [3.63, 3.8) is 0 Å². The van der Waals surface area contributed by atoms with E-state index in [2.05, 4.69) is 11.6 Å². The predicted octanol–water partition coefficient (Wildman–Crippen LogP) is 4.34. The summed E-state index contributed by atoms with van der Waals surface area (Å²) in [5.41, 5.74) is 1.49. The minimum Gasteiger partial charge on any atom is -0.507 e. The molecule has 1 saturated heterocycles. The average molecular weight is 507 g/mol. The van der Waals surface area contributed by atoms with Crippen molar-refractivity contribution < 1.29 is 33.4 Å². The van der Waals surface area contributed by atoms with E-state index in [1.54, 1.807) is 37.3 Å². The van der Waals surface area contributed by atoms with Crippen molar-refractivity contribution >= 4 is 39.9 Å². The molecule has 0 radical (unpaired) electrons. The lowest BCUT2D eigenvalue weighted by atomic mass is 9.97. The summed E-state index contributed by atoms with van der Waals surface area (Å²) in [6.45, 7) is 7.09. The van der Waals surface area contributed by atoms with Gasteiger partial charge in [0.1, 0.15) is 40.9 Å². The van der Waals surface area contributed by atoms with E-state index in [-0.39, 0.29) is 39.8 Å². The molecule has 0 saturated carbocycles. The molecule has 4 heterocycles. The molecule has 0 bridgehead atoms. The third-order valence-electron chi connectivity index (χ3n) is 5.94. The number of aromatic nitrogens is 1. The number of carbonyl (C=O) groups is 3. The maximum Gasteiger partial charge on any atom is 0.350 e. The summed E-state index contributed by atoms with van der Waals surface area (Å²) in [7, 11) is 0. The molecule has 184 valence electrons. The number of carbonyl (C=O) groups excluding carboxylic acids is 3. The Hall–Kier alpha value is -4.18. The monoisotopic (exact) mass is 506 g/mol. The van der Waals surface area contributed by atoms with Gasteiger partial charge in [-0.25, -0.2) is 9.78 Å². The van der Waals surface area contributed by atoms with Crippen molar-refractivity contribution in [3.05, 3.63) is 82.3 Å². The van der Waals surface area contributed by atoms with Gasteiger partial charge in [-0.3, -0.25) is 14.5 Å². The van der Waals surface area contributed by atoms with Crippen LogP contribution in [0.3, 0.4) is 0 Å². The molecule has 2 atom stereocenters. The number of aliphatic hydroxyl groups is 1. The molecule has 1 aromatic carbocycles. The zero-order valence-electron chi connectivity index (χ0n) is 19.5.